The minimum Gasteiger partial charge on any atom is -0.330 e. The van der Waals surface area contributed by atoms with Crippen molar-refractivity contribution in [2.24, 2.45) is 11.5 Å². The van der Waals surface area contributed by atoms with E-state index < -0.39 is 0 Å². The first-order chi connectivity index (χ1) is 6.24. The summed E-state index contributed by atoms with van der Waals surface area (Å²) < 4.78 is 0. The largest absolute Gasteiger partial charge is 0.330 e. The second-order valence-electron chi connectivity index (χ2n) is 3.13. The summed E-state index contributed by atoms with van der Waals surface area (Å²) in [5.74, 6) is 0. The Bertz CT molecular complexity index is 263. The fourth-order valence-electron chi connectivity index (χ4n) is 1.26. The molecule has 1 unspecified atom stereocenters. The molecule has 0 aliphatic heterocycles. The molecular formula is C10H15ClN2. The average Bonchev–Trinajstić information content (AvgIpc) is 2.09. The minimum atomic E-state index is 0.116. The van der Waals surface area contributed by atoms with Gasteiger partial charge in [-0.2, -0.15) is 0 Å². The van der Waals surface area contributed by atoms with Crippen molar-refractivity contribution in [1.29, 1.82) is 0 Å². The number of rotatable bonds is 4. The summed E-state index contributed by atoms with van der Waals surface area (Å²) in [6.07, 6.45) is 1.64. The van der Waals surface area contributed by atoms with Gasteiger partial charge in [-0.1, -0.05) is 29.8 Å². The van der Waals surface area contributed by atoms with Crippen molar-refractivity contribution in [2.45, 2.75) is 18.9 Å². The molecule has 4 N–H and O–H groups in total. The van der Waals surface area contributed by atoms with Crippen molar-refractivity contribution in [2.75, 3.05) is 6.54 Å². The molecular weight excluding hydrogens is 184 g/mol. The van der Waals surface area contributed by atoms with Gasteiger partial charge in [0, 0.05) is 11.1 Å². The Hall–Kier alpha value is -0.570. The second-order valence-corrected chi connectivity index (χ2v) is 3.54. The molecule has 0 spiro atoms. The van der Waals surface area contributed by atoms with E-state index in [0.717, 1.165) is 23.4 Å². The van der Waals surface area contributed by atoms with Crippen LogP contribution in [0.5, 0.6) is 0 Å². The molecule has 0 aromatic heterocycles. The van der Waals surface area contributed by atoms with E-state index >= 15 is 0 Å². The molecule has 0 radical (unpaired) electrons. The van der Waals surface area contributed by atoms with Crippen LogP contribution in [0, 0.1) is 0 Å². The maximum Gasteiger partial charge on any atom is 0.0438 e. The standard InChI is InChI=1S/C10H15ClN2/c11-10-4-2-1-3-8(10)7-9(13)5-6-12/h1-4,9H,5-7,12-13H2. The van der Waals surface area contributed by atoms with Gasteiger partial charge in [-0.05, 0) is 31.0 Å². The molecule has 72 valence electrons. The van der Waals surface area contributed by atoms with E-state index in [1.807, 2.05) is 24.3 Å². The van der Waals surface area contributed by atoms with Crippen LogP contribution in [0.25, 0.3) is 0 Å². The first-order valence-electron chi connectivity index (χ1n) is 4.43. The highest BCUT2D eigenvalue weighted by Crippen LogP contribution is 2.16. The van der Waals surface area contributed by atoms with Crippen LogP contribution in [-0.2, 0) is 6.42 Å². The molecule has 1 aromatic rings. The molecule has 0 aliphatic carbocycles. The summed E-state index contributed by atoms with van der Waals surface area (Å²) >= 11 is 5.98. The predicted octanol–water partition coefficient (Wildman–Crippen LogP) is 1.56. The van der Waals surface area contributed by atoms with E-state index in [1.165, 1.54) is 0 Å². The summed E-state index contributed by atoms with van der Waals surface area (Å²) in [6, 6.07) is 7.88. The van der Waals surface area contributed by atoms with Crippen LogP contribution < -0.4 is 11.5 Å². The molecule has 0 amide bonds. The van der Waals surface area contributed by atoms with E-state index in [2.05, 4.69) is 0 Å². The number of hydrogen-bond acceptors (Lipinski definition) is 2. The Morgan fingerprint density at radius 2 is 2.00 bits per heavy atom. The Morgan fingerprint density at radius 3 is 2.62 bits per heavy atom. The third kappa shape index (κ3) is 3.35. The topological polar surface area (TPSA) is 52.0 Å². The first-order valence-corrected chi connectivity index (χ1v) is 4.81. The molecule has 1 atom stereocenters. The molecule has 3 heteroatoms. The van der Waals surface area contributed by atoms with Crippen molar-refractivity contribution in [1.82, 2.24) is 0 Å². The van der Waals surface area contributed by atoms with Gasteiger partial charge in [0.1, 0.15) is 0 Å². The van der Waals surface area contributed by atoms with Gasteiger partial charge >= 0.3 is 0 Å². The number of halogens is 1. The molecule has 2 nitrogen and oxygen atoms in total. The maximum absolute atomic E-state index is 5.98. The molecule has 1 aromatic carbocycles. The van der Waals surface area contributed by atoms with Gasteiger partial charge in [0.15, 0.2) is 0 Å². The van der Waals surface area contributed by atoms with E-state index in [4.69, 9.17) is 23.1 Å². The fraction of sp³-hybridized carbons (Fsp3) is 0.400. The van der Waals surface area contributed by atoms with Crippen molar-refractivity contribution < 1.29 is 0 Å². The van der Waals surface area contributed by atoms with Crippen LogP contribution in [-0.4, -0.2) is 12.6 Å². The summed E-state index contributed by atoms with van der Waals surface area (Å²) in [5, 5.41) is 0.787. The Kier molecular flexibility index (Phi) is 4.22. The van der Waals surface area contributed by atoms with Crippen molar-refractivity contribution in [3.05, 3.63) is 34.9 Å². The highest BCUT2D eigenvalue weighted by Gasteiger charge is 2.05. The third-order valence-corrected chi connectivity index (χ3v) is 2.35. The molecule has 13 heavy (non-hydrogen) atoms. The first kappa shape index (κ1) is 10.5. The molecule has 0 saturated carbocycles. The lowest BCUT2D eigenvalue weighted by molar-refractivity contribution is 0.619. The molecule has 0 fully saturated rings. The molecule has 0 bridgehead atoms. The molecule has 0 heterocycles. The van der Waals surface area contributed by atoms with Crippen LogP contribution >= 0.6 is 11.6 Å². The number of benzene rings is 1. The van der Waals surface area contributed by atoms with E-state index in [0.29, 0.717) is 6.54 Å². The second kappa shape index (κ2) is 5.22. The van der Waals surface area contributed by atoms with Crippen LogP contribution in [0.15, 0.2) is 24.3 Å². The maximum atomic E-state index is 5.98. The number of hydrogen-bond donors (Lipinski definition) is 2. The lowest BCUT2D eigenvalue weighted by Crippen LogP contribution is -2.26. The smallest absolute Gasteiger partial charge is 0.0438 e. The predicted molar refractivity (Wildman–Crippen MR) is 56.8 cm³/mol. The van der Waals surface area contributed by atoms with Crippen LogP contribution in [0.1, 0.15) is 12.0 Å². The lowest BCUT2D eigenvalue weighted by atomic mass is 10.0. The van der Waals surface area contributed by atoms with Gasteiger partial charge in [0.25, 0.3) is 0 Å². The normalized spacial score (nSPS) is 12.8. The number of nitrogens with two attached hydrogens (primary N) is 2. The Balaban J connectivity index is 2.58. The van der Waals surface area contributed by atoms with Gasteiger partial charge in [0.05, 0.1) is 0 Å². The summed E-state index contributed by atoms with van der Waals surface area (Å²) in [4.78, 5) is 0. The lowest BCUT2D eigenvalue weighted by Gasteiger charge is -2.10. The Morgan fingerprint density at radius 1 is 1.31 bits per heavy atom. The zero-order valence-corrected chi connectivity index (χ0v) is 8.30. The van der Waals surface area contributed by atoms with Gasteiger partial charge in [-0.15, -0.1) is 0 Å². The van der Waals surface area contributed by atoms with Gasteiger partial charge < -0.3 is 11.5 Å². The van der Waals surface area contributed by atoms with Crippen LogP contribution in [0.2, 0.25) is 5.02 Å². The van der Waals surface area contributed by atoms with Gasteiger partial charge in [0.2, 0.25) is 0 Å². The van der Waals surface area contributed by atoms with Gasteiger partial charge in [-0.3, -0.25) is 0 Å². The zero-order valence-electron chi connectivity index (χ0n) is 7.54. The Labute approximate surface area is 83.9 Å². The van der Waals surface area contributed by atoms with E-state index in [9.17, 15) is 0 Å². The third-order valence-electron chi connectivity index (χ3n) is 1.98. The average molecular weight is 199 g/mol. The summed E-state index contributed by atoms with van der Waals surface area (Å²) in [5.41, 5.74) is 12.4. The van der Waals surface area contributed by atoms with E-state index in [1.54, 1.807) is 0 Å². The van der Waals surface area contributed by atoms with Crippen LogP contribution in [0.3, 0.4) is 0 Å². The highest BCUT2D eigenvalue weighted by molar-refractivity contribution is 6.31. The molecule has 0 saturated heterocycles. The van der Waals surface area contributed by atoms with Crippen molar-refractivity contribution >= 4 is 11.6 Å². The zero-order chi connectivity index (χ0) is 9.68. The van der Waals surface area contributed by atoms with Crippen LogP contribution in [0.4, 0.5) is 0 Å². The highest BCUT2D eigenvalue weighted by atomic mass is 35.5. The van der Waals surface area contributed by atoms with Crippen molar-refractivity contribution in [3.63, 3.8) is 0 Å². The SMILES string of the molecule is NCCC(N)Cc1ccccc1Cl. The minimum absolute atomic E-state index is 0.116. The summed E-state index contributed by atoms with van der Waals surface area (Å²) in [6.45, 7) is 0.631. The molecule has 0 aliphatic rings. The summed E-state index contributed by atoms with van der Waals surface area (Å²) in [7, 11) is 0. The van der Waals surface area contributed by atoms with E-state index in [-0.39, 0.29) is 6.04 Å². The monoisotopic (exact) mass is 198 g/mol. The van der Waals surface area contributed by atoms with Crippen molar-refractivity contribution in [3.8, 4) is 0 Å². The molecule has 1 rings (SSSR count). The fourth-order valence-corrected chi connectivity index (χ4v) is 1.48. The quantitative estimate of drug-likeness (QED) is 0.772. The van der Waals surface area contributed by atoms with Gasteiger partial charge in [-0.25, -0.2) is 0 Å².